The van der Waals surface area contributed by atoms with Crippen molar-refractivity contribution in [3.63, 3.8) is 0 Å². The molecule has 6 nitrogen and oxygen atoms in total. The molecule has 3 amide bonds. The number of unbranched alkanes of at least 4 members (excludes halogenated alkanes) is 1. The summed E-state index contributed by atoms with van der Waals surface area (Å²) in [6, 6.07) is 20.8. The van der Waals surface area contributed by atoms with E-state index >= 15 is 0 Å². The van der Waals surface area contributed by atoms with Crippen LogP contribution < -0.4 is 5.32 Å². The fourth-order valence-corrected chi connectivity index (χ4v) is 4.52. The van der Waals surface area contributed by atoms with Gasteiger partial charge >= 0.3 is 6.03 Å². The van der Waals surface area contributed by atoms with E-state index in [1.165, 1.54) is 17.0 Å². The number of rotatable bonds is 11. The Morgan fingerprint density at radius 2 is 1.76 bits per heavy atom. The maximum atomic E-state index is 13.6. The Balaban J connectivity index is 1.50. The predicted octanol–water partition coefficient (Wildman–Crippen LogP) is 6.87. The highest BCUT2D eigenvalue weighted by Crippen LogP contribution is 2.20. The molecule has 0 saturated heterocycles. The highest BCUT2D eigenvalue weighted by Gasteiger charge is 2.22. The summed E-state index contributed by atoms with van der Waals surface area (Å²) >= 11 is 6.07. The third-order valence-corrected chi connectivity index (χ3v) is 6.67. The van der Waals surface area contributed by atoms with Gasteiger partial charge in [0.05, 0.1) is 0 Å². The zero-order chi connectivity index (χ0) is 26.9. The zero-order valence-electron chi connectivity index (χ0n) is 21.4. The summed E-state index contributed by atoms with van der Waals surface area (Å²) < 4.78 is 13.5. The van der Waals surface area contributed by atoms with Crippen molar-refractivity contribution in [2.45, 2.75) is 32.7 Å². The molecule has 0 spiro atoms. The highest BCUT2D eigenvalue weighted by atomic mass is 35.5. The summed E-state index contributed by atoms with van der Waals surface area (Å²) in [4.78, 5) is 33.3. The Bertz CT molecular complexity index is 1370. The number of aromatic nitrogens is 1. The van der Waals surface area contributed by atoms with E-state index in [-0.39, 0.29) is 24.3 Å². The highest BCUT2D eigenvalue weighted by molar-refractivity contribution is 6.30. The number of carbonyl (C=O) groups is 2. The lowest BCUT2D eigenvalue weighted by Gasteiger charge is -2.28. The molecule has 2 N–H and O–H groups in total. The van der Waals surface area contributed by atoms with Gasteiger partial charge in [-0.3, -0.25) is 4.79 Å². The van der Waals surface area contributed by atoms with Crippen LogP contribution in [0.2, 0.25) is 5.02 Å². The number of nitrogens with one attached hydrogen (secondary N) is 2. The van der Waals surface area contributed by atoms with Crippen LogP contribution in [0.4, 0.5) is 14.9 Å². The minimum absolute atomic E-state index is 0.0680. The second-order valence-corrected chi connectivity index (χ2v) is 9.70. The average molecular weight is 535 g/mol. The number of halogens is 2. The Labute approximate surface area is 227 Å². The maximum Gasteiger partial charge on any atom is 0.322 e. The summed E-state index contributed by atoms with van der Waals surface area (Å²) in [6.07, 6.45) is 4.26. The van der Waals surface area contributed by atoms with Crippen molar-refractivity contribution in [2.24, 2.45) is 0 Å². The molecule has 1 heterocycles. The van der Waals surface area contributed by atoms with Gasteiger partial charge < -0.3 is 20.1 Å². The van der Waals surface area contributed by atoms with Crippen LogP contribution in [0, 0.1) is 5.82 Å². The molecule has 0 saturated carbocycles. The van der Waals surface area contributed by atoms with E-state index in [2.05, 4.69) is 16.4 Å². The largest absolute Gasteiger partial charge is 0.361 e. The van der Waals surface area contributed by atoms with Gasteiger partial charge in [0.25, 0.3) is 0 Å². The van der Waals surface area contributed by atoms with Crippen molar-refractivity contribution in [2.75, 3.05) is 25.0 Å². The summed E-state index contributed by atoms with van der Waals surface area (Å²) in [5, 5.41) is 4.49. The van der Waals surface area contributed by atoms with Gasteiger partial charge in [0.1, 0.15) is 12.4 Å². The number of amides is 3. The van der Waals surface area contributed by atoms with Gasteiger partial charge in [-0.05, 0) is 60.4 Å². The number of anilines is 1. The van der Waals surface area contributed by atoms with E-state index in [1.807, 2.05) is 31.3 Å². The van der Waals surface area contributed by atoms with Gasteiger partial charge in [-0.2, -0.15) is 0 Å². The number of aromatic amines is 1. The first-order valence-electron chi connectivity index (χ1n) is 12.8. The van der Waals surface area contributed by atoms with Gasteiger partial charge in [0.15, 0.2) is 0 Å². The second kappa shape index (κ2) is 13.1. The first-order chi connectivity index (χ1) is 18.4. The fourth-order valence-electron chi connectivity index (χ4n) is 4.33. The molecule has 0 unspecified atom stereocenters. The number of para-hydroxylation sites is 1. The molecule has 0 atom stereocenters. The molecule has 4 rings (SSSR count). The third-order valence-electron chi connectivity index (χ3n) is 6.44. The second-order valence-electron chi connectivity index (χ2n) is 9.27. The number of benzene rings is 3. The molecular formula is C30H32ClFN4O2. The van der Waals surface area contributed by atoms with Crippen molar-refractivity contribution in [1.29, 1.82) is 0 Å². The van der Waals surface area contributed by atoms with E-state index in [1.54, 1.807) is 41.3 Å². The lowest BCUT2D eigenvalue weighted by Crippen LogP contribution is -2.45. The Kier molecular flexibility index (Phi) is 9.38. The van der Waals surface area contributed by atoms with E-state index in [9.17, 15) is 14.0 Å². The summed E-state index contributed by atoms with van der Waals surface area (Å²) in [7, 11) is 0. The molecule has 198 valence electrons. The van der Waals surface area contributed by atoms with Gasteiger partial charge in [-0.25, -0.2) is 9.18 Å². The van der Waals surface area contributed by atoms with Gasteiger partial charge in [0.2, 0.25) is 5.91 Å². The maximum absolute atomic E-state index is 13.6. The van der Waals surface area contributed by atoms with Gasteiger partial charge in [-0.15, -0.1) is 0 Å². The molecule has 1 aromatic heterocycles. The average Bonchev–Trinajstić information content (AvgIpc) is 3.33. The van der Waals surface area contributed by atoms with E-state index in [4.69, 9.17) is 11.6 Å². The number of hydrogen-bond acceptors (Lipinski definition) is 2. The lowest BCUT2D eigenvalue weighted by molar-refractivity contribution is -0.132. The van der Waals surface area contributed by atoms with Crippen LogP contribution in [-0.2, 0) is 17.8 Å². The van der Waals surface area contributed by atoms with E-state index in [0.717, 1.165) is 34.9 Å². The number of nitrogens with zero attached hydrogens (tertiary/aromatic N) is 2. The SMILES string of the molecule is CCCCN(CC(=O)N(CCc1c[nH]c2ccccc12)Cc1ccc(F)cc1)C(=O)Nc1cccc(Cl)c1. The topological polar surface area (TPSA) is 68.4 Å². The molecule has 38 heavy (non-hydrogen) atoms. The molecule has 8 heteroatoms. The van der Waals surface area contributed by atoms with Crippen molar-refractivity contribution in [3.8, 4) is 0 Å². The van der Waals surface area contributed by atoms with E-state index < -0.39 is 0 Å². The fraction of sp³-hybridized carbons (Fsp3) is 0.267. The van der Waals surface area contributed by atoms with Gasteiger partial charge in [-0.1, -0.05) is 61.3 Å². The zero-order valence-corrected chi connectivity index (χ0v) is 22.2. The summed E-state index contributed by atoms with van der Waals surface area (Å²) in [5.74, 6) is -0.500. The molecule has 4 aromatic rings. The van der Waals surface area contributed by atoms with Gasteiger partial charge in [0, 0.05) is 47.4 Å². The number of H-pyrrole nitrogens is 1. The van der Waals surface area contributed by atoms with Crippen LogP contribution in [0.3, 0.4) is 0 Å². The molecular weight excluding hydrogens is 503 g/mol. The minimum Gasteiger partial charge on any atom is -0.361 e. The van der Waals surface area contributed by atoms with Crippen LogP contribution in [-0.4, -0.2) is 46.4 Å². The standard InChI is InChI=1S/C30H32ClFN4O2/c1-2-3-16-36(30(38)34-26-8-6-7-24(31)18-26)21-29(37)35(20-22-11-13-25(32)14-12-22)17-15-23-19-33-28-10-5-4-9-27(23)28/h4-14,18-19,33H,2-3,15-17,20-21H2,1H3,(H,34,38). The number of urea groups is 1. The lowest BCUT2D eigenvalue weighted by atomic mass is 10.1. The van der Waals surface area contributed by atoms with Crippen LogP contribution in [0.1, 0.15) is 30.9 Å². The monoisotopic (exact) mass is 534 g/mol. The summed E-state index contributed by atoms with van der Waals surface area (Å²) in [5.41, 5.74) is 3.54. The Morgan fingerprint density at radius 3 is 2.53 bits per heavy atom. The van der Waals surface area contributed by atoms with Crippen LogP contribution >= 0.6 is 11.6 Å². The first kappa shape index (κ1) is 27.2. The first-order valence-corrected chi connectivity index (χ1v) is 13.2. The molecule has 0 fully saturated rings. The predicted molar refractivity (Wildman–Crippen MR) is 151 cm³/mol. The molecule has 3 aromatic carbocycles. The van der Waals surface area contributed by atoms with Crippen molar-refractivity contribution in [1.82, 2.24) is 14.8 Å². The smallest absolute Gasteiger partial charge is 0.322 e. The van der Waals surface area contributed by atoms with Crippen LogP contribution in [0.5, 0.6) is 0 Å². The normalized spacial score (nSPS) is 10.9. The number of carbonyl (C=O) groups excluding carboxylic acids is 2. The number of fused-ring (bicyclic) bond motifs is 1. The quantitative estimate of drug-likeness (QED) is 0.220. The van der Waals surface area contributed by atoms with Crippen LogP contribution in [0.25, 0.3) is 10.9 Å². The van der Waals surface area contributed by atoms with Crippen LogP contribution in [0.15, 0.2) is 79.0 Å². The number of hydrogen-bond donors (Lipinski definition) is 2. The van der Waals surface area contributed by atoms with Crippen molar-refractivity contribution >= 4 is 40.1 Å². The molecule has 0 aliphatic rings. The van der Waals surface area contributed by atoms with Crippen molar-refractivity contribution in [3.05, 3.63) is 101 Å². The minimum atomic E-state index is -0.354. The molecule has 0 radical (unpaired) electrons. The Morgan fingerprint density at radius 1 is 0.974 bits per heavy atom. The third kappa shape index (κ3) is 7.35. The molecule has 0 aliphatic carbocycles. The van der Waals surface area contributed by atoms with Crippen molar-refractivity contribution < 1.29 is 14.0 Å². The summed E-state index contributed by atoms with van der Waals surface area (Å²) in [6.45, 7) is 3.19. The molecule has 0 aliphatic heterocycles. The molecule has 0 bridgehead atoms. The van der Waals surface area contributed by atoms with E-state index in [0.29, 0.717) is 36.8 Å². The Hall–Kier alpha value is -3.84.